The first kappa shape index (κ1) is 17.4. The van der Waals surface area contributed by atoms with Crippen LogP contribution in [0, 0.1) is 5.92 Å². The molecule has 0 unspecified atom stereocenters. The maximum Gasteiger partial charge on any atom is 0.330 e. The van der Waals surface area contributed by atoms with E-state index in [0.29, 0.717) is 0 Å². The number of benzene rings is 1. The van der Waals surface area contributed by atoms with Crippen molar-refractivity contribution in [3.8, 4) is 0 Å². The van der Waals surface area contributed by atoms with Crippen LogP contribution in [0.3, 0.4) is 0 Å². The van der Waals surface area contributed by atoms with E-state index in [2.05, 4.69) is 16.0 Å². The predicted molar refractivity (Wildman–Crippen MR) is 101 cm³/mol. The van der Waals surface area contributed by atoms with Gasteiger partial charge in [-0.05, 0) is 18.1 Å². The van der Waals surface area contributed by atoms with E-state index < -0.39 is 11.9 Å². The summed E-state index contributed by atoms with van der Waals surface area (Å²) in [4.78, 5) is 29.9. The van der Waals surface area contributed by atoms with Crippen molar-refractivity contribution < 1.29 is 19.1 Å². The number of aromatic nitrogens is 1. The van der Waals surface area contributed by atoms with Gasteiger partial charge in [0.25, 0.3) is 0 Å². The first-order valence-corrected chi connectivity index (χ1v) is 8.93. The molecule has 0 saturated carbocycles. The van der Waals surface area contributed by atoms with Gasteiger partial charge in [-0.15, -0.1) is 0 Å². The Morgan fingerprint density at radius 2 is 2.00 bits per heavy atom. The second-order valence-corrected chi connectivity index (χ2v) is 7.01. The van der Waals surface area contributed by atoms with E-state index in [0.717, 1.165) is 34.2 Å². The molecule has 27 heavy (non-hydrogen) atoms. The maximum atomic E-state index is 12.7. The van der Waals surface area contributed by atoms with Crippen LogP contribution in [0.15, 0.2) is 48.2 Å². The van der Waals surface area contributed by atoms with Gasteiger partial charge < -0.3 is 19.4 Å². The molecule has 0 spiro atoms. The summed E-state index contributed by atoms with van der Waals surface area (Å²) < 4.78 is 9.84. The standard InChI is InChI=1S/C21H22N2O4/c1-23-11-12(8-9-17(24)26-2)14-10-16(23)18-13-6-4-5-7-15(13)22-20(18)19(14)21(25)27-3/h4-9,11,14,16,19,22H,10H2,1-3H3/b9-8+/t14-,16-,19-/m0/s1. The van der Waals surface area contributed by atoms with Gasteiger partial charge in [0, 0.05) is 47.4 Å². The maximum absolute atomic E-state index is 12.7. The average Bonchev–Trinajstić information content (AvgIpc) is 3.07. The third-order valence-corrected chi connectivity index (χ3v) is 5.64. The lowest BCUT2D eigenvalue weighted by atomic mass is 9.70. The molecule has 2 heterocycles. The number of hydrogen-bond acceptors (Lipinski definition) is 5. The predicted octanol–water partition coefficient (Wildman–Crippen LogP) is 3.04. The SMILES string of the molecule is COC(=O)/C=C/C1=CN(C)[C@H]2C[C@@H]1[C@H](C(=O)OC)c1[nH]c3ccccc3c12. The number of fused-ring (bicyclic) bond motifs is 6. The number of rotatable bonds is 3. The highest BCUT2D eigenvalue weighted by atomic mass is 16.5. The zero-order valence-corrected chi connectivity index (χ0v) is 15.6. The first-order valence-electron chi connectivity index (χ1n) is 8.93. The van der Waals surface area contributed by atoms with Crippen molar-refractivity contribution in [2.24, 2.45) is 5.92 Å². The number of hydrogen-bond donors (Lipinski definition) is 1. The van der Waals surface area contributed by atoms with E-state index in [-0.39, 0.29) is 17.9 Å². The number of aromatic amines is 1. The van der Waals surface area contributed by atoms with Gasteiger partial charge in [-0.2, -0.15) is 0 Å². The zero-order chi connectivity index (χ0) is 19.1. The third kappa shape index (κ3) is 2.72. The van der Waals surface area contributed by atoms with Crippen molar-refractivity contribution in [2.75, 3.05) is 21.3 Å². The Morgan fingerprint density at radius 1 is 1.22 bits per heavy atom. The fourth-order valence-electron chi connectivity index (χ4n) is 4.41. The van der Waals surface area contributed by atoms with Gasteiger partial charge in [0.05, 0.1) is 20.3 Å². The molecule has 4 rings (SSSR count). The Bertz CT molecular complexity index is 972. The van der Waals surface area contributed by atoms with Gasteiger partial charge in [-0.3, -0.25) is 4.79 Å². The molecular formula is C21H22N2O4. The largest absolute Gasteiger partial charge is 0.468 e. The van der Waals surface area contributed by atoms with Crippen LogP contribution in [-0.4, -0.2) is 43.1 Å². The summed E-state index contributed by atoms with van der Waals surface area (Å²) in [7, 11) is 4.79. The molecule has 1 N–H and O–H groups in total. The fraction of sp³-hybridized carbons (Fsp3) is 0.333. The molecule has 2 aliphatic rings. The van der Waals surface area contributed by atoms with Crippen molar-refractivity contribution in [1.82, 2.24) is 9.88 Å². The minimum absolute atomic E-state index is 0.0693. The molecule has 2 aromatic rings. The molecule has 1 aliphatic carbocycles. The van der Waals surface area contributed by atoms with Crippen LogP contribution < -0.4 is 0 Å². The van der Waals surface area contributed by atoms with Crippen LogP contribution in [0.1, 0.15) is 29.6 Å². The van der Waals surface area contributed by atoms with Crippen LogP contribution >= 0.6 is 0 Å². The Balaban J connectivity index is 1.87. The zero-order valence-electron chi connectivity index (χ0n) is 15.6. The first-order chi connectivity index (χ1) is 13.0. The topological polar surface area (TPSA) is 71.6 Å². The molecule has 1 aromatic heterocycles. The van der Waals surface area contributed by atoms with Gasteiger partial charge in [-0.25, -0.2) is 4.79 Å². The van der Waals surface area contributed by atoms with Crippen molar-refractivity contribution in [3.05, 3.63) is 59.4 Å². The lowest BCUT2D eigenvalue weighted by molar-refractivity contribution is -0.144. The second kappa shape index (κ2) is 6.61. The Hall–Kier alpha value is -3.02. The monoisotopic (exact) mass is 366 g/mol. The van der Waals surface area contributed by atoms with Crippen molar-refractivity contribution in [3.63, 3.8) is 0 Å². The van der Waals surface area contributed by atoms with Gasteiger partial charge in [0.15, 0.2) is 0 Å². The molecule has 6 nitrogen and oxygen atoms in total. The van der Waals surface area contributed by atoms with E-state index in [4.69, 9.17) is 9.47 Å². The van der Waals surface area contributed by atoms with Crippen LogP contribution in [0.25, 0.3) is 10.9 Å². The molecule has 0 amide bonds. The molecule has 1 aromatic carbocycles. The van der Waals surface area contributed by atoms with Gasteiger partial charge in [-0.1, -0.05) is 24.3 Å². The number of methoxy groups -OCH3 is 2. The lowest BCUT2D eigenvalue weighted by Gasteiger charge is -2.43. The Morgan fingerprint density at radius 3 is 2.74 bits per heavy atom. The van der Waals surface area contributed by atoms with E-state index in [1.807, 2.05) is 31.4 Å². The van der Waals surface area contributed by atoms with Gasteiger partial charge in [0.2, 0.25) is 0 Å². The van der Waals surface area contributed by atoms with Crippen molar-refractivity contribution in [1.29, 1.82) is 0 Å². The summed E-state index contributed by atoms with van der Waals surface area (Å²) in [6.45, 7) is 0. The van der Waals surface area contributed by atoms with Crippen molar-refractivity contribution in [2.45, 2.75) is 18.4 Å². The highest BCUT2D eigenvalue weighted by molar-refractivity contribution is 5.90. The number of para-hydroxylation sites is 1. The average molecular weight is 366 g/mol. The van der Waals surface area contributed by atoms with Crippen LogP contribution in [0.4, 0.5) is 0 Å². The third-order valence-electron chi connectivity index (χ3n) is 5.64. The summed E-state index contributed by atoms with van der Waals surface area (Å²) in [5, 5.41) is 1.14. The summed E-state index contributed by atoms with van der Waals surface area (Å²) in [6, 6.07) is 8.27. The van der Waals surface area contributed by atoms with E-state index in [9.17, 15) is 9.59 Å². The quantitative estimate of drug-likeness (QED) is 0.668. The van der Waals surface area contributed by atoms with E-state index >= 15 is 0 Å². The van der Waals surface area contributed by atoms with Crippen molar-refractivity contribution >= 4 is 22.8 Å². The number of esters is 2. The molecule has 2 bridgehead atoms. The minimum Gasteiger partial charge on any atom is -0.468 e. The molecule has 6 heteroatoms. The number of allylic oxidation sites excluding steroid dienone is 2. The summed E-state index contributed by atoms with van der Waals surface area (Å²) >= 11 is 0. The molecule has 0 radical (unpaired) electrons. The molecule has 1 aliphatic heterocycles. The van der Waals surface area contributed by atoms with Crippen LogP contribution in [-0.2, 0) is 19.1 Å². The molecule has 0 fully saturated rings. The summed E-state index contributed by atoms with van der Waals surface area (Å²) in [5.41, 5.74) is 4.00. The molecular weight excluding hydrogens is 344 g/mol. The van der Waals surface area contributed by atoms with Gasteiger partial charge >= 0.3 is 11.9 Å². The highest BCUT2D eigenvalue weighted by Crippen LogP contribution is 2.52. The number of nitrogens with one attached hydrogen (secondary N) is 1. The normalized spacial score (nSPS) is 23.9. The number of ether oxygens (including phenoxy) is 2. The van der Waals surface area contributed by atoms with Crippen LogP contribution in [0.5, 0.6) is 0 Å². The fourth-order valence-corrected chi connectivity index (χ4v) is 4.41. The number of H-pyrrole nitrogens is 1. The Labute approximate surface area is 157 Å². The van der Waals surface area contributed by atoms with E-state index in [1.54, 1.807) is 6.08 Å². The number of carbonyl (C=O) groups is 2. The summed E-state index contributed by atoms with van der Waals surface area (Å²) in [6.07, 6.45) is 5.93. The van der Waals surface area contributed by atoms with Gasteiger partial charge in [0.1, 0.15) is 5.92 Å². The highest BCUT2D eigenvalue weighted by Gasteiger charge is 2.46. The second-order valence-electron chi connectivity index (χ2n) is 7.01. The minimum atomic E-state index is -0.434. The lowest BCUT2D eigenvalue weighted by Crippen LogP contribution is -2.38. The summed E-state index contributed by atoms with van der Waals surface area (Å²) in [5.74, 6) is -1.19. The number of carbonyl (C=O) groups excluding carboxylic acids is 2. The van der Waals surface area contributed by atoms with Crippen LogP contribution in [0.2, 0.25) is 0 Å². The molecule has 3 atom stereocenters. The van der Waals surface area contributed by atoms with E-state index in [1.165, 1.54) is 20.3 Å². The molecule has 0 saturated heterocycles. The Kier molecular flexibility index (Phi) is 4.26. The smallest absolute Gasteiger partial charge is 0.330 e. The number of nitrogens with zero attached hydrogens (tertiary/aromatic N) is 1. The molecule has 140 valence electrons.